The van der Waals surface area contributed by atoms with Crippen molar-refractivity contribution in [3.05, 3.63) is 72.3 Å². The average molecular weight is 417 g/mol. The molecule has 1 amide bonds. The molecule has 2 aliphatic heterocycles. The highest BCUT2D eigenvalue weighted by molar-refractivity contribution is 7.99. The van der Waals surface area contributed by atoms with E-state index in [2.05, 4.69) is 34.0 Å². The molecule has 0 radical (unpaired) electrons. The minimum Gasteiger partial charge on any atom is -0.485 e. The number of carbonyl (C=O) groups is 1. The molecule has 0 aromatic heterocycles. The van der Waals surface area contributed by atoms with Crippen molar-refractivity contribution in [1.82, 2.24) is 5.43 Å². The lowest BCUT2D eigenvalue weighted by Crippen LogP contribution is -2.42. The largest absolute Gasteiger partial charge is 0.485 e. The van der Waals surface area contributed by atoms with Crippen LogP contribution < -0.4 is 20.2 Å². The second-order valence-electron chi connectivity index (χ2n) is 6.97. The fourth-order valence-corrected chi connectivity index (χ4v) is 4.26. The summed E-state index contributed by atoms with van der Waals surface area (Å²) in [6.45, 7) is 2.01. The van der Waals surface area contributed by atoms with E-state index in [9.17, 15) is 4.79 Å². The number of benzene rings is 3. The van der Waals surface area contributed by atoms with Crippen molar-refractivity contribution in [2.24, 2.45) is 5.10 Å². The van der Waals surface area contributed by atoms with Crippen LogP contribution in [0, 0.1) is 0 Å². The van der Waals surface area contributed by atoms with E-state index in [1.807, 2.05) is 49.4 Å². The van der Waals surface area contributed by atoms with Crippen LogP contribution in [0.25, 0.3) is 0 Å². The van der Waals surface area contributed by atoms with Crippen molar-refractivity contribution in [3.63, 3.8) is 0 Å². The summed E-state index contributed by atoms with van der Waals surface area (Å²) in [4.78, 5) is 14.8. The minimum atomic E-state index is -0.741. The molecule has 6 nitrogen and oxygen atoms in total. The first-order chi connectivity index (χ1) is 14.7. The van der Waals surface area contributed by atoms with Crippen molar-refractivity contribution in [2.75, 3.05) is 11.9 Å². The molecule has 0 saturated carbocycles. The van der Waals surface area contributed by atoms with Crippen LogP contribution in [-0.4, -0.2) is 24.3 Å². The molecule has 1 unspecified atom stereocenters. The number of nitrogens with one attached hydrogen (secondary N) is 2. The molecular weight excluding hydrogens is 398 g/mol. The number of hydrazone groups is 1. The third kappa shape index (κ3) is 3.59. The third-order valence-corrected chi connectivity index (χ3v) is 6.06. The topological polar surface area (TPSA) is 72.0 Å². The lowest BCUT2D eigenvalue weighted by molar-refractivity contribution is -0.130. The van der Waals surface area contributed by atoms with Crippen molar-refractivity contribution in [1.29, 1.82) is 0 Å². The van der Waals surface area contributed by atoms with E-state index in [1.165, 1.54) is 4.90 Å². The summed E-state index contributed by atoms with van der Waals surface area (Å²) in [6.07, 6.45) is -0.741. The quantitative estimate of drug-likeness (QED) is 0.377. The fraction of sp³-hybridized carbons (Fsp3) is 0.130. The van der Waals surface area contributed by atoms with Crippen LogP contribution in [0.4, 0.5) is 11.4 Å². The molecule has 1 atom stereocenters. The molecule has 2 aliphatic rings. The Hall–Kier alpha value is -3.45. The van der Waals surface area contributed by atoms with Gasteiger partial charge in [0, 0.05) is 9.79 Å². The number of ether oxygens (including phenoxy) is 2. The standard InChI is InChI=1S/C23H19N3O3S/c1-14(25-26-23(27)20-13-28-18-7-3-4-8-19(18)29-20)15-10-11-22-17(12-15)24-16-6-2-5-9-21(16)30-22/h2-12,20,24H,13H2,1H3,(H,26,27)/b25-14+. The minimum absolute atomic E-state index is 0.150. The van der Waals surface area contributed by atoms with Gasteiger partial charge < -0.3 is 14.8 Å². The second kappa shape index (κ2) is 7.76. The van der Waals surface area contributed by atoms with Gasteiger partial charge in [0.05, 0.1) is 17.1 Å². The van der Waals surface area contributed by atoms with Gasteiger partial charge in [-0.15, -0.1) is 0 Å². The van der Waals surface area contributed by atoms with Gasteiger partial charge in [0.1, 0.15) is 6.61 Å². The number of anilines is 2. The van der Waals surface area contributed by atoms with Gasteiger partial charge in [-0.1, -0.05) is 42.1 Å². The molecule has 5 rings (SSSR count). The van der Waals surface area contributed by atoms with Crippen molar-refractivity contribution in [2.45, 2.75) is 22.8 Å². The van der Waals surface area contributed by atoms with E-state index in [4.69, 9.17) is 9.47 Å². The first kappa shape index (κ1) is 18.6. The molecule has 3 aromatic carbocycles. The number of hydrogen-bond acceptors (Lipinski definition) is 6. The average Bonchev–Trinajstić information content (AvgIpc) is 2.80. The smallest absolute Gasteiger partial charge is 0.284 e. The highest BCUT2D eigenvalue weighted by atomic mass is 32.2. The van der Waals surface area contributed by atoms with Crippen molar-refractivity contribution >= 4 is 34.8 Å². The molecule has 2 heterocycles. The molecule has 7 heteroatoms. The Morgan fingerprint density at radius 2 is 1.80 bits per heavy atom. The molecule has 3 aromatic rings. The van der Waals surface area contributed by atoms with E-state index in [-0.39, 0.29) is 12.5 Å². The van der Waals surface area contributed by atoms with Crippen molar-refractivity contribution in [3.8, 4) is 11.5 Å². The number of amides is 1. The number of carbonyl (C=O) groups excluding carboxylic acids is 1. The molecule has 0 bridgehead atoms. The number of rotatable bonds is 3. The van der Waals surface area contributed by atoms with Crippen LogP contribution in [0.1, 0.15) is 12.5 Å². The van der Waals surface area contributed by atoms with E-state index in [0.717, 1.165) is 21.8 Å². The SMILES string of the molecule is C/C(=N\NC(=O)C1COc2ccccc2O1)c1ccc2c(c1)Nc1ccccc1S2. The van der Waals surface area contributed by atoms with Gasteiger partial charge in [-0.2, -0.15) is 5.10 Å². The van der Waals surface area contributed by atoms with Gasteiger partial charge in [-0.05, 0) is 48.9 Å². The highest BCUT2D eigenvalue weighted by Gasteiger charge is 2.27. The lowest BCUT2D eigenvalue weighted by Gasteiger charge is -2.24. The molecule has 0 spiro atoms. The van der Waals surface area contributed by atoms with E-state index in [1.54, 1.807) is 17.8 Å². The molecular formula is C23H19N3O3S. The van der Waals surface area contributed by atoms with Gasteiger partial charge in [0.15, 0.2) is 11.5 Å². The Morgan fingerprint density at radius 3 is 2.70 bits per heavy atom. The first-order valence-corrected chi connectivity index (χ1v) is 10.4. The lowest BCUT2D eigenvalue weighted by atomic mass is 10.1. The summed E-state index contributed by atoms with van der Waals surface area (Å²) in [5, 5.41) is 7.73. The zero-order valence-electron chi connectivity index (χ0n) is 16.2. The summed E-state index contributed by atoms with van der Waals surface area (Å²) in [5.74, 6) is 0.856. The summed E-state index contributed by atoms with van der Waals surface area (Å²) in [5.41, 5.74) is 6.34. The van der Waals surface area contributed by atoms with Crippen LogP contribution in [0.3, 0.4) is 0 Å². The van der Waals surface area contributed by atoms with Gasteiger partial charge in [0.25, 0.3) is 5.91 Å². The van der Waals surface area contributed by atoms with E-state index >= 15 is 0 Å². The summed E-state index contributed by atoms with van der Waals surface area (Å²) in [6, 6.07) is 21.6. The Labute approximate surface area is 178 Å². The number of para-hydroxylation sites is 3. The fourth-order valence-electron chi connectivity index (χ4n) is 3.29. The van der Waals surface area contributed by atoms with Crippen LogP contribution in [-0.2, 0) is 4.79 Å². The van der Waals surface area contributed by atoms with E-state index in [0.29, 0.717) is 17.2 Å². The van der Waals surface area contributed by atoms with Crippen LogP contribution >= 0.6 is 11.8 Å². The predicted octanol–water partition coefficient (Wildman–Crippen LogP) is 4.58. The molecule has 2 N–H and O–H groups in total. The molecule has 150 valence electrons. The van der Waals surface area contributed by atoms with E-state index < -0.39 is 6.10 Å². The first-order valence-electron chi connectivity index (χ1n) is 9.58. The van der Waals surface area contributed by atoms with Crippen LogP contribution in [0.15, 0.2) is 81.6 Å². The maximum atomic E-state index is 12.5. The summed E-state index contributed by atoms with van der Waals surface area (Å²) in [7, 11) is 0. The van der Waals surface area contributed by atoms with Gasteiger partial charge in [-0.25, -0.2) is 5.43 Å². The Kier molecular flexibility index (Phi) is 4.80. The van der Waals surface area contributed by atoms with Crippen LogP contribution in [0.2, 0.25) is 0 Å². The van der Waals surface area contributed by atoms with Gasteiger partial charge >= 0.3 is 0 Å². The molecule has 0 aliphatic carbocycles. The molecule has 30 heavy (non-hydrogen) atoms. The second-order valence-corrected chi connectivity index (χ2v) is 8.06. The van der Waals surface area contributed by atoms with Crippen molar-refractivity contribution < 1.29 is 14.3 Å². The van der Waals surface area contributed by atoms with Gasteiger partial charge in [-0.3, -0.25) is 4.79 Å². The summed E-state index contributed by atoms with van der Waals surface area (Å²) >= 11 is 1.73. The summed E-state index contributed by atoms with van der Waals surface area (Å²) < 4.78 is 11.3. The highest BCUT2D eigenvalue weighted by Crippen LogP contribution is 2.44. The number of fused-ring (bicyclic) bond motifs is 3. The zero-order chi connectivity index (χ0) is 20.5. The number of nitrogens with zero attached hydrogens (tertiary/aromatic N) is 1. The normalized spacial score (nSPS) is 16.7. The third-order valence-electron chi connectivity index (χ3n) is 4.91. The maximum Gasteiger partial charge on any atom is 0.284 e. The van der Waals surface area contributed by atoms with Crippen LogP contribution in [0.5, 0.6) is 11.5 Å². The number of hydrogen-bond donors (Lipinski definition) is 2. The Morgan fingerprint density at radius 1 is 1.03 bits per heavy atom. The Balaban J connectivity index is 1.28. The molecule has 0 fully saturated rings. The predicted molar refractivity (Wildman–Crippen MR) is 117 cm³/mol. The zero-order valence-corrected chi connectivity index (χ0v) is 17.0. The maximum absolute atomic E-state index is 12.5. The van der Waals surface area contributed by atoms with Gasteiger partial charge in [0.2, 0.25) is 6.10 Å². The monoisotopic (exact) mass is 417 g/mol. The molecule has 0 saturated heterocycles. The Bertz CT molecular complexity index is 1160.